The van der Waals surface area contributed by atoms with Gasteiger partial charge in [-0.1, -0.05) is 62.2 Å². The van der Waals surface area contributed by atoms with E-state index < -0.39 is 47.0 Å². The van der Waals surface area contributed by atoms with Crippen LogP contribution >= 0.6 is 23.2 Å². The van der Waals surface area contributed by atoms with Gasteiger partial charge in [-0.3, -0.25) is 9.59 Å². The number of halogens is 3. The SMILES string of the molecule is COc1cc(C(=O)O)ccc1NC(=O)[C@@H]1N[C@@H](CC(C)(C)C)[C@@]2(CN(C3CC(C(=O)O)C3)c3cc(Cl)ccc32)[C@H]1c1cccc(Cl)c1F. The Morgan fingerprint density at radius 2 is 1.81 bits per heavy atom. The summed E-state index contributed by atoms with van der Waals surface area (Å²) in [6.07, 6.45) is 1.53. The van der Waals surface area contributed by atoms with Crippen LogP contribution in [0.5, 0.6) is 5.75 Å². The molecule has 1 saturated carbocycles. The van der Waals surface area contributed by atoms with E-state index in [4.69, 9.17) is 27.9 Å². The lowest BCUT2D eigenvalue weighted by molar-refractivity contribution is -0.145. The molecule has 48 heavy (non-hydrogen) atoms. The van der Waals surface area contributed by atoms with Crippen molar-refractivity contribution in [1.29, 1.82) is 0 Å². The number of anilines is 2. The minimum atomic E-state index is -1.14. The first kappa shape index (κ1) is 34.0. The number of aliphatic carboxylic acids is 1. The largest absolute Gasteiger partial charge is 0.495 e. The van der Waals surface area contributed by atoms with Crippen molar-refractivity contribution in [2.45, 2.75) is 69.5 Å². The molecule has 1 saturated heterocycles. The summed E-state index contributed by atoms with van der Waals surface area (Å²) < 4.78 is 21.7. The van der Waals surface area contributed by atoms with Crippen LogP contribution < -0.4 is 20.3 Å². The van der Waals surface area contributed by atoms with Crippen LogP contribution in [0.1, 0.15) is 67.4 Å². The summed E-state index contributed by atoms with van der Waals surface area (Å²) in [7, 11) is 1.38. The number of carboxylic acids is 2. The van der Waals surface area contributed by atoms with Crippen LogP contribution in [-0.4, -0.2) is 59.8 Å². The first-order valence-corrected chi connectivity index (χ1v) is 16.6. The minimum Gasteiger partial charge on any atom is -0.495 e. The van der Waals surface area contributed by atoms with E-state index in [-0.39, 0.29) is 45.1 Å². The summed E-state index contributed by atoms with van der Waals surface area (Å²) >= 11 is 13.0. The number of methoxy groups -OCH3 is 1. The molecular weight excluding hydrogens is 660 g/mol. The van der Waals surface area contributed by atoms with Gasteiger partial charge >= 0.3 is 11.9 Å². The van der Waals surface area contributed by atoms with Crippen LogP contribution in [-0.2, 0) is 15.0 Å². The van der Waals surface area contributed by atoms with Crippen molar-refractivity contribution in [3.8, 4) is 5.75 Å². The number of nitrogens with one attached hydrogen (secondary N) is 2. The van der Waals surface area contributed by atoms with Crippen molar-refractivity contribution in [2.24, 2.45) is 11.3 Å². The van der Waals surface area contributed by atoms with E-state index >= 15 is 4.39 Å². The summed E-state index contributed by atoms with van der Waals surface area (Å²) in [4.78, 5) is 40.1. The van der Waals surface area contributed by atoms with Gasteiger partial charge in [0.2, 0.25) is 5.91 Å². The van der Waals surface area contributed by atoms with Crippen LogP contribution in [0.2, 0.25) is 10.0 Å². The zero-order valence-electron chi connectivity index (χ0n) is 27.0. The van der Waals surface area contributed by atoms with Crippen LogP contribution in [0.15, 0.2) is 54.6 Å². The molecule has 254 valence electrons. The number of hydrogen-bond acceptors (Lipinski definition) is 6. The molecule has 3 aromatic rings. The molecule has 0 bridgehead atoms. The third kappa shape index (κ3) is 5.88. The number of rotatable bonds is 8. The molecule has 2 heterocycles. The number of hydrogen-bond donors (Lipinski definition) is 4. The predicted molar refractivity (Wildman–Crippen MR) is 182 cm³/mol. The number of aromatic carboxylic acids is 1. The number of ether oxygens (including phenoxy) is 1. The Kier molecular flexibility index (Phi) is 8.89. The van der Waals surface area contributed by atoms with Crippen LogP contribution in [0.4, 0.5) is 15.8 Å². The van der Waals surface area contributed by atoms with E-state index in [1.54, 1.807) is 18.2 Å². The Bertz CT molecular complexity index is 1790. The van der Waals surface area contributed by atoms with E-state index in [2.05, 4.69) is 36.3 Å². The molecule has 6 rings (SSSR count). The molecule has 4 N–H and O–H groups in total. The molecule has 2 aliphatic heterocycles. The molecule has 4 atom stereocenters. The summed E-state index contributed by atoms with van der Waals surface area (Å²) in [6.45, 7) is 6.72. The first-order chi connectivity index (χ1) is 22.6. The van der Waals surface area contributed by atoms with E-state index in [1.165, 1.54) is 31.4 Å². The van der Waals surface area contributed by atoms with Gasteiger partial charge < -0.3 is 30.5 Å². The van der Waals surface area contributed by atoms with Crippen LogP contribution in [0, 0.1) is 17.2 Å². The number of carbonyl (C=O) groups excluding carboxylic acids is 1. The lowest BCUT2D eigenvalue weighted by Gasteiger charge is -2.44. The standard InChI is InChI=1S/C36H38Cl2FN3O6/c1-35(2,3)16-28-36(17-42(21-12-19(13-21)34(46)47)26-15-20(37)9-10-23(26)36)29(22-6-5-7-24(38)30(22)39)31(41-28)32(43)40-25-11-8-18(33(44)45)14-27(25)48-4/h5-11,14-15,19,21,28-29,31,41H,12-13,16-17H2,1-4H3,(H,40,43)(H,44,45)(H,46,47)/t19?,21?,28-,29-,31+,36-/m0/s1. The van der Waals surface area contributed by atoms with Crippen molar-refractivity contribution in [1.82, 2.24) is 5.32 Å². The van der Waals surface area contributed by atoms with Gasteiger partial charge in [-0.15, -0.1) is 0 Å². The highest BCUT2D eigenvalue weighted by Gasteiger charge is 2.64. The molecule has 12 heteroatoms. The lowest BCUT2D eigenvalue weighted by Crippen LogP contribution is -2.52. The van der Waals surface area contributed by atoms with Gasteiger partial charge in [-0.05, 0) is 72.2 Å². The highest BCUT2D eigenvalue weighted by atomic mass is 35.5. The quantitative estimate of drug-likeness (QED) is 0.199. The second-order valence-electron chi connectivity index (χ2n) is 14.3. The number of fused-ring (bicyclic) bond motifs is 2. The molecule has 3 aliphatic rings. The van der Waals surface area contributed by atoms with E-state index in [0.717, 1.165) is 11.3 Å². The first-order valence-electron chi connectivity index (χ1n) is 15.9. The van der Waals surface area contributed by atoms with Crippen LogP contribution in [0.3, 0.4) is 0 Å². The molecule has 1 aliphatic carbocycles. The van der Waals surface area contributed by atoms with Crippen molar-refractivity contribution < 1.29 is 33.7 Å². The molecule has 1 amide bonds. The number of benzene rings is 3. The summed E-state index contributed by atoms with van der Waals surface area (Å²) in [5.41, 5.74) is 1.20. The highest BCUT2D eigenvalue weighted by Crippen LogP contribution is 2.59. The lowest BCUT2D eigenvalue weighted by atomic mass is 9.63. The maximum atomic E-state index is 16.3. The van der Waals surface area contributed by atoms with Gasteiger partial charge in [-0.2, -0.15) is 0 Å². The van der Waals surface area contributed by atoms with Crippen molar-refractivity contribution in [3.05, 3.63) is 87.2 Å². The van der Waals surface area contributed by atoms with Gasteiger partial charge in [0.05, 0.1) is 35.3 Å². The average molecular weight is 699 g/mol. The van der Waals surface area contributed by atoms with Gasteiger partial charge in [0.15, 0.2) is 0 Å². The van der Waals surface area contributed by atoms with Crippen LogP contribution in [0.25, 0.3) is 0 Å². The second-order valence-corrected chi connectivity index (χ2v) is 15.1. The van der Waals surface area contributed by atoms with Crippen molar-refractivity contribution in [3.63, 3.8) is 0 Å². The average Bonchev–Trinajstić information content (AvgIpc) is 3.47. The monoisotopic (exact) mass is 697 g/mol. The van der Waals surface area contributed by atoms with Crippen molar-refractivity contribution in [2.75, 3.05) is 23.9 Å². The summed E-state index contributed by atoms with van der Waals surface area (Å²) in [5.74, 6) is -4.11. The molecule has 0 unspecified atom stereocenters. The van der Waals surface area contributed by atoms with E-state index in [9.17, 15) is 24.6 Å². The molecule has 0 radical (unpaired) electrons. The van der Waals surface area contributed by atoms with Gasteiger partial charge in [0.25, 0.3) is 0 Å². The third-order valence-electron chi connectivity index (χ3n) is 10.1. The molecule has 1 spiro atoms. The molecule has 0 aromatic heterocycles. The fraction of sp³-hybridized carbons (Fsp3) is 0.417. The summed E-state index contributed by atoms with van der Waals surface area (Å²) in [5, 5.41) is 26.1. The number of amides is 1. The Labute approximate surface area is 288 Å². The Morgan fingerprint density at radius 1 is 1.08 bits per heavy atom. The molecule has 2 fully saturated rings. The number of carboxylic acid groups (broad SMARTS) is 2. The maximum Gasteiger partial charge on any atom is 0.335 e. The third-order valence-corrected chi connectivity index (χ3v) is 10.6. The summed E-state index contributed by atoms with van der Waals surface area (Å²) in [6, 6.07) is 13.2. The van der Waals surface area contributed by atoms with Gasteiger partial charge in [-0.25, -0.2) is 9.18 Å². The fourth-order valence-electron chi connectivity index (χ4n) is 7.93. The normalized spacial score (nSPS) is 26.2. The van der Waals surface area contributed by atoms with Crippen molar-refractivity contribution >= 4 is 52.4 Å². The number of nitrogens with zero attached hydrogens (tertiary/aromatic N) is 1. The highest BCUT2D eigenvalue weighted by molar-refractivity contribution is 6.31. The molecule has 3 aromatic carbocycles. The zero-order valence-corrected chi connectivity index (χ0v) is 28.5. The Balaban J connectivity index is 1.52. The predicted octanol–water partition coefficient (Wildman–Crippen LogP) is 6.96. The van der Waals surface area contributed by atoms with E-state index in [0.29, 0.717) is 30.8 Å². The number of carbonyl (C=O) groups is 3. The topological polar surface area (TPSA) is 128 Å². The van der Waals surface area contributed by atoms with E-state index in [1.807, 2.05) is 12.1 Å². The second kappa shape index (κ2) is 12.5. The van der Waals surface area contributed by atoms with Gasteiger partial charge in [0, 0.05) is 40.7 Å². The fourth-order valence-corrected chi connectivity index (χ4v) is 8.28. The Hall–Kier alpha value is -3.86. The molecule has 9 nitrogen and oxygen atoms in total. The smallest absolute Gasteiger partial charge is 0.335 e. The Morgan fingerprint density at radius 3 is 2.46 bits per heavy atom. The van der Waals surface area contributed by atoms with Gasteiger partial charge in [0.1, 0.15) is 11.6 Å². The maximum absolute atomic E-state index is 16.3. The molecular formula is C36H38Cl2FN3O6. The zero-order chi connectivity index (χ0) is 34.7. The minimum absolute atomic E-state index is 0.00523.